The molecule has 4 heteroatoms. The van der Waals surface area contributed by atoms with E-state index in [0.29, 0.717) is 0 Å². The van der Waals surface area contributed by atoms with Crippen LogP contribution in [0.3, 0.4) is 0 Å². The van der Waals surface area contributed by atoms with Crippen LogP contribution in [0.25, 0.3) is 11.1 Å². The molecule has 2 rings (SSSR count). The lowest BCUT2D eigenvalue weighted by molar-refractivity contribution is 0.230. The number of hydrogen-bond acceptors (Lipinski definition) is 4. The number of fused-ring (bicyclic) bond motifs is 1. The normalized spacial score (nSPS) is 12.2. The summed E-state index contributed by atoms with van der Waals surface area (Å²) in [4.78, 5) is 4.08. The van der Waals surface area contributed by atoms with E-state index < -0.39 is 0 Å². The minimum absolute atomic E-state index is 0.0644. The summed E-state index contributed by atoms with van der Waals surface area (Å²) in [6.07, 6.45) is 2.19. The predicted octanol–water partition coefficient (Wildman–Crippen LogP) is 2.08. The molecule has 0 fully saturated rings. The maximum Gasteiger partial charge on any atom is 0.181 e. The van der Waals surface area contributed by atoms with Crippen molar-refractivity contribution < 1.29 is 9.52 Å². The molecule has 0 aliphatic carbocycles. The molecule has 1 aromatic carbocycles. The molecule has 1 aromatic heterocycles. The van der Waals surface area contributed by atoms with Gasteiger partial charge in [-0.1, -0.05) is 6.07 Å². The van der Waals surface area contributed by atoms with E-state index in [0.717, 1.165) is 29.6 Å². The number of aliphatic hydroxyl groups is 1. The van der Waals surface area contributed by atoms with Gasteiger partial charge in [-0.05, 0) is 38.0 Å². The van der Waals surface area contributed by atoms with Gasteiger partial charge in [0.1, 0.15) is 5.52 Å². The molecule has 0 saturated carbocycles. The number of rotatable bonds is 5. The predicted molar refractivity (Wildman–Crippen MR) is 66.6 cm³/mol. The average Bonchev–Trinajstić information content (AvgIpc) is 2.73. The van der Waals surface area contributed by atoms with E-state index in [2.05, 4.69) is 24.1 Å². The summed E-state index contributed by atoms with van der Waals surface area (Å²) < 4.78 is 5.26. The number of nitrogens with one attached hydrogen (secondary N) is 1. The number of aliphatic hydroxyl groups excluding tert-OH is 1. The maximum atomic E-state index is 8.95. The Hall–Kier alpha value is -1.39. The Morgan fingerprint density at radius 2 is 2.24 bits per heavy atom. The molecule has 2 aromatic rings. The van der Waals surface area contributed by atoms with Crippen molar-refractivity contribution in [2.45, 2.75) is 32.4 Å². The molecule has 0 radical (unpaired) electrons. The Morgan fingerprint density at radius 3 is 3.00 bits per heavy atom. The lowest BCUT2D eigenvalue weighted by Gasteiger charge is -2.25. The van der Waals surface area contributed by atoms with Crippen molar-refractivity contribution in [3.63, 3.8) is 0 Å². The second kappa shape index (κ2) is 4.85. The van der Waals surface area contributed by atoms with Crippen molar-refractivity contribution in [1.82, 2.24) is 10.3 Å². The van der Waals surface area contributed by atoms with E-state index in [1.807, 2.05) is 18.2 Å². The van der Waals surface area contributed by atoms with Crippen LogP contribution < -0.4 is 5.32 Å². The van der Waals surface area contributed by atoms with Crippen LogP contribution in [0.15, 0.2) is 29.0 Å². The Labute approximate surface area is 101 Å². The van der Waals surface area contributed by atoms with Gasteiger partial charge in [-0.2, -0.15) is 0 Å². The second-order valence-corrected chi connectivity index (χ2v) is 4.87. The van der Waals surface area contributed by atoms with Crippen LogP contribution in [0, 0.1) is 0 Å². The Morgan fingerprint density at radius 1 is 1.41 bits per heavy atom. The minimum atomic E-state index is -0.0644. The molecule has 0 aliphatic rings. The largest absolute Gasteiger partial charge is 0.443 e. The average molecular weight is 234 g/mol. The van der Waals surface area contributed by atoms with Gasteiger partial charge in [-0.25, -0.2) is 4.98 Å². The fourth-order valence-electron chi connectivity index (χ4n) is 1.72. The summed E-state index contributed by atoms with van der Waals surface area (Å²) in [5.74, 6) is 0. The summed E-state index contributed by atoms with van der Waals surface area (Å²) >= 11 is 0. The molecule has 4 nitrogen and oxygen atoms in total. The summed E-state index contributed by atoms with van der Waals surface area (Å²) in [7, 11) is 0. The van der Waals surface area contributed by atoms with Crippen molar-refractivity contribution in [2.24, 2.45) is 0 Å². The molecular weight excluding hydrogens is 216 g/mol. The molecule has 0 aliphatic heterocycles. The lowest BCUT2D eigenvalue weighted by atomic mass is 10.0. The third-order valence-electron chi connectivity index (χ3n) is 2.90. The summed E-state index contributed by atoms with van der Waals surface area (Å²) in [6, 6.07) is 5.98. The first-order valence-electron chi connectivity index (χ1n) is 5.79. The van der Waals surface area contributed by atoms with Gasteiger partial charge in [-0.3, -0.25) is 0 Å². The van der Waals surface area contributed by atoms with Crippen molar-refractivity contribution >= 4 is 11.1 Å². The third-order valence-corrected chi connectivity index (χ3v) is 2.90. The number of hydrogen-bond donors (Lipinski definition) is 2. The second-order valence-electron chi connectivity index (χ2n) is 4.87. The van der Waals surface area contributed by atoms with E-state index in [1.165, 1.54) is 6.39 Å². The van der Waals surface area contributed by atoms with Crippen molar-refractivity contribution in [2.75, 3.05) is 6.61 Å². The zero-order valence-electron chi connectivity index (χ0n) is 10.2. The van der Waals surface area contributed by atoms with Gasteiger partial charge < -0.3 is 14.8 Å². The van der Waals surface area contributed by atoms with Gasteiger partial charge in [0.05, 0.1) is 0 Å². The van der Waals surface area contributed by atoms with E-state index >= 15 is 0 Å². The highest BCUT2D eigenvalue weighted by atomic mass is 16.3. The van der Waals surface area contributed by atoms with Gasteiger partial charge in [0.2, 0.25) is 0 Å². The topological polar surface area (TPSA) is 58.3 Å². The highest BCUT2D eigenvalue weighted by Gasteiger charge is 2.15. The fraction of sp³-hybridized carbons (Fsp3) is 0.462. The molecule has 1 heterocycles. The number of oxazole rings is 1. The van der Waals surface area contributed by atoms with E-state index in [9.17, 15) is 0 Å². The van der Waals surface area contributed by atoms with Gasteiger partial charge in [0.15, 0.2) is 12.0 Å². The van der Waals surface area contributed by atoms with E-state index in [4.69, 9.17) is 9.52 Å². The van der Waals surface area contributed by atoms with E-state index in [-0.39, 0.29) is 12.1 Å². The van der Waals surface area contributed by atoms with Gasteiger partial charge in [-0.15, -0.1) is 0 Å². The van der Waals surface area contributed by atoms with Crippen LogP contribution in [0.1, 0.15) is 25.8 Å². The fourth-order valence-corrected chi connectivity index (χ4v) is 1.72. The van der Waals surface area contributed by atoms with Crippen LogP contribution in [0.4, 0.5) is 0 Å². The highest BCUT2D eigenvalue weighted by Crippen LogP contribution is 2.15. The number of nitrogens with zero attached hydrogens (tertiary/aromatic N) is 1. The molecule has 0 spiro atoms. The molecule has 0 amide bonds. The van der Waals surface area contributed by atoms with E-state index in [1.54, 1.807) is 0 Å². The Bertz CT molecular complexity index is 491. The summed E-state index contributed by atoms with van der Waals surface area (Å²) in [6.45, 7) is 5.11. The van der Waals surface area contributed by atoms with Crippen LogP contribution in [0.2, 0.25) is 0 Å². The minimum Gasteiger partial charge on any atom is -0.443 e. The monoisotopic (exact) mass is 234 g/mol. The summed E-state index contributed by atoms with van der Waals surface area (Å²) in [5, 5.41) is 12.4. The maximum absolute atomic E-state index is 8.95. The van der Waals surface area contributed by atoms with Crippen LogP contribution in [-0.2, 0) is 6.54 Å². The quantitative estimate of drug-likeness (QED) is 0.831. The Balaban J connectivity index is 2.03. The zero-order valence-corrected chi connectivity index (χ0v) is 10.2. The number of aromatic nitrogens is 1. The SMILES string of the molecule is CC(C)(CCO)NCc1ccc2ncoc2c1. The molecular formula is C13H18N2O2. The van der Waals surface area contributed by atoms with Crippen LogP contribution in [0.5, 0.6) is 0 Å². The van der Waals surface area contributed by atoms with Crippen LogP contribution in [-0.4, -0.2) is 22.2 Å². The molecule has 17 heavy (non-hydrogen) atoms. The molecule has 0 unspecified atom stereocenters. The summed E-state index contributed by atoms with van der Waals surface area (Å²) in [5.41, 5.74) is 2.78. The van der Waals surface area contributed by atoms with Crippen molar-refractivity contribution in [3.05, 3.63) is 30.2 Å². The molecule has 0 saturated heterocycles. The molecule has 2 N–H and O–H groups in total. The standard InChI is InChI=1S/C13H18N2O2/c1-13(2,5-6-16)15-8-10-3-4-11-12(7-10)17-9-14-11/h3-4,7,9,15-16H,5-6,8H2,1-2H3. The Kier molecular flexibility index (Phi) is 3.45. The molecule has 0 atom stereocenters. The van der Waals surface area contributed by atoms with Gasteiger partial charge in [0.25, 0.3) is 0 Å². The first-order chi connectivity index (χ1) is 8.11. The highest BCUT2D eigenvalue weighted by molar-refractivity contribution is 5.72. The van der Waals surface area contributed by atoms with Crippen molar-refractivity contribution in [1.29, 1.82) is 0 Å². The lowest BCUT2D eigenvalue weighted by Crippen LogP contribution is -2.39. The first kappa shape index (κ1) is 12.1. The third kappa shape index (κ3) is 3.05. The number of benzene rings is 1. The van der Waals surface area contributed by atoms with Gasteiger partial charge >= 0.3 is 0 Å². The molecule has 0 bridgehead atoms. The zero-order chi connectivity index (χ0) is 12.3. The van der Waals surface area contributed by atoms with Crippen molar-refractivity contribution in [3.8, 4) is 0 Å². The van der Waals surface area contributed by atoms with Gasteiger partial charge in [0, 0.05) is 18.7 Å². The molecule has 92 valence electrons. The van der Waals surface area contributed by atoms with Crippen LogP contribution >= 0.6 is 0 Å². The smallest absolute Gasteiger partial charge is 0.181 e. The first-order valence-corrected chi connectivity index (χ1v) is 5.79.